The van der Waals surface area contributed by atoms with Crippen molar-refractivity contribution >= 4 is 37.9 Å². The molecule has 2 aromatic carbocycles. The highest BCUT2D eigenvalue weighted by Crippen LogP contribution is 2.99. The molecule has 5 rings (SSSR count). The van der Waals surface area contributed by atoms with Crippen LogP contribution in [0.15, 0.2) is 72.3 Å². The topological polar surface area (TPSA) is 30.7 Å². The van der Waals surface area contributed by atoms with E-state index in [0.29, 0.717) is 28.7 Å². The van der Waals surface area contributed by atoms with Crippen molar-refractivity contribution in [3.63, 3.8) is 0 Å². The Labute approximate surface area is 216 Å². The molecule has 0 bridgehead atoms. The van der Waals surface area contributed by atoms with Crippen molar-refractivity contribution < 1.29 is 19.4 Å². The summed E-state index contributed by atoms with van der Waals surface area (Å²) in [4.78, 5) is 4.45. The molecular weight excluding hydrogens is 529 g/mol. The summed E-state index contributed by atoms with van der Waals surface area (Å²) in [6, 6.07) is 18.3. The summed E-state index contributed by atoms with van der Waals surface area (Å²) < 4.78 is 68.8. The van der Waals surface area contributed by atoms with Crippen molar-refractivity contribution in [2.75, 3.05) is 0 Å². The number of aromatic nitrogens is 3. The fourth-order valence-corrected chi connectivity index (χ4v) is 6.21. The Kier molecular flexibility index (Phi) is 6.15. The van der Waals surface area contributed by atoms with Gasteiger partial charge in [-0.3, -0.25) is 0 Å². The third-order valence-corrected chi connectivity index (χ3v) is 7.72. The first-order chi connectivity index (χ1) is 17.4. The van der Waals surface area contributed by atoms with Crippen molar-refractivity contribution in [2.45, 2.75) is 44.6 Å². The van der Waals surface area contributed by atoms with E-state index in [1.54, 1.807) is 35.0 Å². The molecule has 3 nitrogen and oxygen atoms in total. The monoisotopic (exact) mass is 553 g/mol. The minimum absolute atomic E-state index is 0.0751. The van der Waals surface area contributed by atoms with Crippen molar-refractivity contribution in [1.82, 2.24) is 14.8 Å². The number of pyridine rings is 1. The smallest absolute Gasteiger partial charge is 0.243 e. The molecule has 2 heterocycles. The molecule has 0 atom stereocenters. The Morgan fingerprint density at radius 3 is 2.16 bits per heavy atom. The quantitative estimate of drug-likeness (QED) is 0.222. The summed E-state index contributed by atoms with van der Waals surface area (Å²) >= 11 is 6.02. The van der Waals surface area contributed by atoms with Gasteiger partial charge in [0.05, 0.1) is 28.1 Å². The fourth-order valence-electron chi connectivity index (χ4n) is 5.04. The molecule has 0 radical (unpaired) electrons. The van der Waals surface area contributed by atoms with Crippen LogP contribution in [-0.4, -0.2) is 14.8 Å². The highest BCUT2D eigenvalue weighted by Gasteiger charge is 2.61. The van der Waals surface area contributed by atoms with E-state index in [0.717, 1.165) is 49.6 Å². The van der Waals surface area contributed by atoms with Gasteiger partial charge in [-0.05, 0) is 24.0 Å². The van der Waals surface area contributed by atoms with Gasteiger partial charge in [0.2, 0.25) is 0 Å². The molecule has 0 saturated heterocycles. The molecule has 1 aliphatic carbocycles. The largest absolute Gasteiger partial charge is 0.305 e. The third kappa shape index (κ3) is 5.99. The Morgan fingerprint density at radius 1 is 0.919 bits per heavy atom. The van der Waals surface area contributed by atoms with Crippen molar-refractivity contribution in [3.05, 3.63) is 89.1 Å². The summed E-state index contributed by atoms with van der Waals surface area (Å²) in [5.41, 5.74) is 2.85. The fraction of sp³-hybridized carbons (Fsp3) is 0.259. The van der Waals surface area contributed by atoms with Gasteiger partial charge in [-0.15, -0.1) is 0 Å². The molecule has 0 N–H and O–H groups in total. The number of rotatable bonds is 6. The van der Waals surface area contributed by atoms with E-state index in [1.165, 1.54) is 0 Å². The molecule has 10 heteroatoms. The first-order valence-corrected chi connectivity index (χ1v) is 14.4. The molecule has 0 aliphatic heterocycles. The molecular formula is C27H25ClF5N3S. The van der Waals surface area contributed by atoms with Crippen LogP contribution in [0.25, 0.3) is 27.2 Å². The second-order valence-electron chi connectivity index (χ2n) is 9.47. The average molecular weight is 554 g/mol. The van der Waals surface area contributed by atoms with Gasteiger partial charge in [0.1, 0.15) is 0 Å². The zero-order chi connectivity index (χ0) is 26.3. The maximum absolute atomic E-state index is 13.4. The summed E-state index contributed by atoms with van der Waals surface area (Å²) in [5.74, 6) is 0.0751. The van der Waals surface area contributed by atoms with Crippen LogP contribution >= 0.6 is 21.8 Å². The number of halogens is 6. The Bertz CT molecular complexity index is 1460. The molecule has 0 spiro atoms. The predicted octanol–water partition coefficient (Wildman–Crippen LogP) is 10.0. The van der Waals surface area contributed by atoms with Gasteiger partial charge in [-0.2, -0.15) is 5.10 Å². The van der Waals surface area contributed by atoms with Gasteiger partial charge in [-0.25, -0.2) is 9.67 Å². The van der Waals surface area contributed by atoms with Gasteiger partial charge in [-0.1, -0.05) is 111 Å². The van der Waals surface area contributed by atoms with Crippen LogP contribution in [0.2, 0.25) is 0 Å². The van der Waals surface area contributed by atoms with Crippen LogP contribution in [0.5, 0.6) is 0 Å². The second-order valence-corrected chi connectivity index (χ2v) is 12.2. The number of benzene rings is 2. The molecule has 1 aliphatic rings. The highest BCUT2D eigenvalue weighted by atomic mass is 35.5. The summed E-state index contributed by atoms with van der Waals surface area (Å²) in [7, 11) is -9.95. The van der Waals surface area contributed by atoms with Crippen molar-refractivity contribution in [1.29, 1.82) is 0 Å². The third-order valence-electron chi connectivity index (χ3n) is 6.60. The van der Waals surface area contributed by atoms with Crippen LogP contribution in [0.1, 0.15) is 54.8 Å². The lowest BCUT2D eigenvalue weighted by atomic mass is 9.84. The van der Waals surface area contributed by atoms with E-state index in [4.69, 9.17) is 16.7 Å². The molecule has 1 fully saturated rings. The lowest BCUT2D eigenvalue weighted by Crippen LogP contribution is -2.07. The first-order valence-electron chi connectivity index (χ1n) is 12.0. The molecule has 196 valence electrons. The van der Waals surface area contributed by atoms with Gasteiger partial charge in [0.15, 0.2) is 5.65 Å². The Morgan fingerprint density at radius 2 is 1.54 bits per heavy atom. The van der Waals surface area contributed by atoms with Crippen molar-refractivity contribution in [2.24, 2.45) is 0 Å². The summed E-state index contributed by atoms with van der Waals surface area (Å²) in [6.07, 6.45) is 6.02. The molecule has 4 aromatic rings. The number of fused-ring (bicyclic) bond motifs is 1. The minimum Gasteiger partial charge on any atom is -0.243 e. The van der Waals surface area contributed by atoms with Gasteiger partial charge in [0, 0.05) is 23.2 Å². The lowest BCUT2D eigenvalue weighted by molar-refractivity contribution is 0.385. The molecule has 1 saturated carbocycles. The maximum Gasteiger partial charge on any atom is 0.305 e. The first kappa shape index (κ1) is 25.7. The number of hydrogen-bond acceptors (Lipinski definition) is 2. The van der Waals surface area contributed by atoms with Crippen LogP contribution in [0.3, 0.4) is 0 Å². The molecule has 2 aromatic heterocycles. The van der Waals surface area contributed by atoms with Crippen LogP contribution < -0.4 is 0 Å². The number of nitrogens with zero attached hydrogens (tertiary/aromatic N) is 3. The molecule has 0 unspecified atom stereocenters. The average Bonchev–Trinajstić information content (AvgIpc) is 3.21. The SMILES string of the molecule is FS(F)(F)(F)(F)/C=C(/Cl)c1cnc2c(c(C3CCCCC3)nn2Cc2ccccc2)c1-c1ccccc1. The second kappa shape index (κ2) is 8.84. The van der Waals surface area contributed by atoms with Crippen LogP contribution in [-0.2, 0) is 6.54 Å². The van der Waals surface area contributed by atoms with E-state index in [1.807, 2.05) is 30.3 Å². The highest BCUT2D eigenvalue weighted by molar-refractivity contribution is 8.48. The van der Waals surface area contributed by atoms with Gasteiger partial charge in [0.25, 0.3) is 0 Å². The Hall–Kier alpha value is -2.91. The van der Waals surface area contributed by atoms with E-state index < -0.39 is 20.7 Å². The van der Waals surface area contributed by atoms with Crippen LogP contribution in [0, 0.1) is 0 Å². The Balaban J connectivity index is 1.81. The van der Waals surface area contributed by atoms with E-state index in [9.17, 15) is 19.4 Å². The maximum atomic E-state index is 13.4. The molecule has 0 amide bonds. The lowest BCUT2D eigenvalue weighted by Gasteiger charge is -2.37. The van der Waals surface area contributed by atoms with Gasteiger partial charge < -0.3 is 0 Å². The van der Waals surface area contributed by atoms with E-state index >= 15 is 0 Å². The summed E-state index contributed by atoms with van der Waals surface area (Å²) in [6.45, 7) is 0.402. The zero-order valence-corrected chi connectivity index (χ0v) is 21.3. The minimum atomic E-state index is -9.95. The van der Waals surface area contributed by atoms with Gasteiger partial charge >= 0.3 is 10.2 Å². The normalized spacial score (nSPS) is 17.5. The predicted molar refractivity (Wildman–Crippen MR) is 141 cm³/mol. The van der Waals surface area contributed by atoms with Crippen LogP contribution in [0.4, 0.5) is 19.4 Å². The van der Waals surface area contributed by atoms with E-state index in [2.05, 4.69) is 4.98 Å². The number of hydrogen-bond donors (Lipinski definition) is 0. The summed E-state index contributed by atoms with van der Waals surface area (Å²) in [5, 5.41) is 3.35. The zero-order valence-electron chi connectivity index (χ0n) is 19.8. The van der Waals surface area contributed by atoms with Crippen molar-refractivity contribution in [3.8, 4) is 11.1 Å². The van der Waals surface area contributed by atoms with E-state index in [-0.39, 0.29) is 11.5 Å². The molecule has 37 heavy (non-hydrogen) atoms. The standard InChI is InChI=1S/C27H25ClF5N3S/c28-23(18-37(29,30,31,32)33)22-16-34-27-25(24(22)20-12-6-2-7-13-20)26(21-14-8-3-9-15-21)35-36(27)17-19-10-4-1-5-11-19/h1-2,4-7,10-13,16,18,21H,3,8-9,14-15,17H2/b23-18+.